The average molecular weight is 486 g/mol. The molecule has 2 heterocycles. The highest BCUT2D eigenvalue weighted by atomic mass is 32.2. The van der Waals surface area contributed by atoms with Gasteiger partial charge in [-0.15, -0.1) is 0 Å². The van der Waals surface area contributed by atoms with Crippen LogP contribution in [0.3, 0.4) is 0 Å². The van der Waals surface area contributed by atoms with Crippen molar-refractivity contribution in [2.45, 2.75) is 30.2 Å². The summed E-state index contributed by atoms with van der Waals surface area (Å²) in [5.74, 6) is -1.39. The lowest BCUT2D eigenvalue weighted by Gasteiger charge is -2.24. The molecule has 0 radical (unpaired) electrons. The van der Waals surface area contributed by atoms with Gasteiger partial charge in [0, 0.05) is 32.9 Å². The molecular weight excluding hydrogens is 458 g/mol. The van der Waals surface area contributed by atoms with E-state index in [1.807, 2.05) is 4.90 Å². The minimum absolute atomic E-state index is 0.0584. The van der Waals surface area contributed by atoms with Crippen molar-refractivity contribution in [3.8, 4) is 0 Å². The van der Waals surface area contributed by atoms with E-state index in [2.05, 4.69) is 10.7 Å². The maximum absolute atomic E-state index is 13.3. The number of rotatable bonds is 6. The van der Waals surface area contributed by atoms with Crippen molar-refractivity contribution in [3.63, 3.8) is 0 Å². The summed E-state index contributed by atoms with van der Waals surface area (Å²) in [4.78, 5) is 41.1. The minimum atomic E-state index is -3.80. The van der Waals surface area contributed by atoms with Gasteiger partial charge in [0.2, 0.25) is 10.0 Å². The lowest BCUT2D eigenvalue weighted by atomic mass is 9.92. The van der Waals surface area contributed by atoms with Crippen LogP contribution in [0, 0.1) is 0 Å². The van der Waals surface area contributed by atoms with Crippen LogP contribution in [0.2, 0.25) is 0 Å². The van der Waals surface area contributed by atoms with Crippen LogP contribution in [0.15, 0.2) is 53.4 Å². The summed E-state index contributed by atoms with van der Waals surface area (Å²) in [6, 6.07) is 12.3. The second kappa shape index (κ2) is 8.73. The Morgan fingerprint density at radius 1 is 1.06 bits per heavy atom. The zero-order valence-corrected chi connectivity index (χ0v) is 20.1. The number of sulfonamides is 1. The van der Waals surface area contributed by atoms with Crippen molar-refractivity contribution in [2.24, 2.45) is 0 Å². The molecule has 2 saturated heterocycles. The van der Waals surface area contributed by atoms with Crippen LogP contribution < -0.4 is 15.6 Å². The molecule has 2 N–H and O–H groups in total. The number of nitrogens with zero attached hydrogens (tertiary/aromatic N) is 3. The van der Waals surface area contributed by atoms with E-state index in [0.29, 0.717) is 16.3 Å². The summed E-state index contributed by atoms with van der Waals surface area (Å²) in [5.41, 5.74) is 2.23. The number of hydrogen-bond acceptors (Lipinski definition) is 6. The van der Waals surface area contributed by atoms with Gasteiger partial charge in [-0.1, -0.05) is 30.3 Å². The smallest absolute Gasteiger partial charge is 0.344 e. The van der Waals surface area contributed by atoms with Crippen molar-refractivity contribution < 1.29 is 22.8 Å². The number of benzene rings is 2. The topological polar surface area (TPSA) is 119 Å². The number of hydrogen-bond donors (Lipinski definition) is 2. The monoisotopic (exact) mass is 485 g/mol. The molecule has 2 fully saturated rings. The summed E-state index contributed by atoms with van der Waals surface area (Å²) >= 11 is 0. The Kier molecular flexibility index (Phi) is 6.09. The van der Waals surface area contributed by atoms with Crippen LogP contribution in [0.1, 0.15) is 35.7 Å². The second-order valence-corrected chi connectivity index (χ2v) is 10.8. The Bertz CT molecular complexity index is 1240. The summed E-state index contributed by atoms with van der Waals surface area (Å²) < 4.78 is 26.4. The van der Waals surface area contributed by atoms with Gasteiger partial charge in [-0.25, -0.2) is 17.5 Å². The third-order valence-corrected chi connectivity index (χ3v) is 8.00. The first-order valence-electron chi connectivity index (χ1n) is 10.9. The molecule has 2 aromatic carbocycles. The third kappa shape index (κ3) is 4.01. The molecule has 1 atom stereocenters. The number of imide groups is 1. The van der Waals surface area contributed by atoms with E-state index in [4.69, 9.17) is 0 Å². The second-order valence-electron chi connectivity index (χ2n) is 8.66. The predicted octanol–water partition coefficient (Wildman–Crippen LogP) is 1.65. The molecule has 0 unspecified atom stereocenters. The number of nitrogens with one attached hydrogen (secondary N) is 2. The fourth-order valence-corrected chi connectivity index (χ4v) is 5.10. The van der Waals surface area contributed by atoms with E-state index in [9.17, 15) is 22.8 Å². The molecule has 4 rings (SSSR count). The van der Waals surface area contributed by atoms with Crippen LogP contribution in [-0.4, -0.2) is 62.8 Å². The first-order chi connectivity index (χ1) is 16.1. The number of carbonyl (C=O) groups is 3. The van der Waals surface area contributed by atoms with E-state index in [1.54, 1.807) is 43.3 Å². The molecule has 180 valence electrons. The fraction of sp³-hybridized carbons (Fsp3) is 0.348. The van der Waals surface area contributed by atoms with Crippen molar-refractivity contribution >= 4 is 33.6 Å². The first-order valence-corrected chi connectivity index (χ1v) is 12.3. The van der Waals surface area contributed by atoms with Crippen LogP contribution in [0.25, 0.3) is 0 Å². The summed E-state index contributed by atoms with van der Waals surface area (Å²) in [6.45, 7) is 3.00. The molecule has 2 aliphatic rings. The molecular formula is C23H27N5O5S. The molecule has 2 aromatic rings. The summed E-state index contributed by atoms with van der Waals surface area (Å²) in [6.07, 6.45) is 1.89. The molecule has 0 spiro atoms. The van der Waals surface area contributed by atoms with Crippen molar-refractivity contribution in [1.29, 1.82) is 0 Å². The molecule has 0 aliphatic carbocycles. The number of amides is 4. The van der Waals surface area contributed by atoms with Gasteiger partial charge in [-0.05, 0) is 43.5 Å². The highest BCUT2D eigenvalue weighted by Crippen LogP contribution is 2.30. The quantitative estimate of drug-likeness (QED) is 0.601. The van der Waals surface area contributed by atoms with Gasteiger partial charge in [0.1, 0.15) is 5.54 Å². The lowest BCUT2D eigenvalue weighted by molar-refractivity contribution is -0.132. The van der Waals surface area contributed by atoms with Crippen LogP contribution in [0.5, 0.6) is 0 Å². The summed E-state index contributed by atoms with van der Waals surface area (Å²) in [7, 11) is -0.994. The Balaban J connectivity index is 1.68. The van der Waals surface area contributed by atoms with Crippen molar-refractivity contribution in [2.75, 3.05) is 32.1 Å². The van der Waals surface area contributed by atoms with Crippen LogP contribution in [-0.2, 0) is 20.4 Å². The molecule has 2 aliphatic heterocycles. The number of urea groups is 1. The highest BCUT2D eigenvalue weighted by molar-refractivity contribution is 7.89. The molecule has 11 heteroatoms. The first kappa shape index (κ1) is 23.7. The van der Waals surface area contributed by atoms with Crippen LogP contribution in [0.4, 0.5) is 10.5 Å². The molecule has 0 aromatic heterocycles. The fourth-order valence-electron chi connectivity index (χ4n) is 4.17. The maximum atomic E-state index is 13.3. The van der Waals surface area contributed by atoms with E-state index >= 15 is 0 Å². The van der Waals surface area contributed by atoms with E-state index in [0.717, 1.165) is 30.2 Å². The van der Waals surface area contributed by atoms with Crippen molar-refractivity contribution in [3.05, 3.63) is 59.7 Å². The molecule has 4 amide bonds. The minimum Gasteiger partial charge on any atom is -0.371 e. The van der Waals surface area contributed by atoms with E-state index < -0.39 is 33.4 Å². The van der Waals surface area contributed by atoms with Gasteiger partial charge in [0.05, 0.1) is 10.5 Å². The zero-order valence-electron chi connectivity index (χ0n) is 19.2. The van der Waals surface area contributed by atoms with E-state index in [1.165, 1.54) is 26.2 Å². The summed E-state index contributed by atoms with van der Waals surface area (Å²) in [5, 5.41) is 3.28. The van der Waals surface area contributed by atoms with Gasteiger partial charge >= 0.3 is 6.03 Å². The normalized spacial score (nSPS) is 20.7. The lowest BCUT2D eigenvalue weighted by Crippen LogP contribution is -2.48. The SMILES string of the molecule is CN(C)S(=O)(=O)c1ccc(N2CCCC2)c(C(=O)NN2C(=O)N[C@@](C)(c3ccccc3)C2=O)c1. The van der Waals surface area contributed by atoms with Gasteiger partial charge in [0.25, 0.3) is 11.8 Å². The predicted molar refractivity (Wildman–Crippen MR) is 125 cm³/mol. The molecule has 10 nitrogen and oxygen atoms in total. The highest BCUT2D eigenvalue weighted by Gasteiger charge is 2.50. The maximum Gasteiger partial charge on any atom is 0.344 e. The Morgan fingerprint density at radius 2 is 1.71 bits per heavy atom. The van der Waals surface area contributed by atoms with Crippen LogP contribution >= 0.6 is 0 Å². The molecule has 0 bridgehead atoms. The number of hydrazine groups is 1. The van der Waals surface area contributed by atoms with E-state index in [-0.39, 0.29) is 10.5 Å². The zero-order chi connectivity index (χ0) is 24.7. The Morgan fingerprint density at radius 3 is 2.32 bits per heavy atom. The number of anilines is 1. The largest absolute Gasteiger partial charge is 0.371 e. The van der Waals surface area contributed by atoms with Gasteiger partial charge < -0.3 is 10.2 Å². The van der Waals surface area contributed by atoms with Gasteiger partial charge in [-0.2, -0.15) is 5.01 Å². The average Bonchev–Trinajstić information content (AvgIpc) is 3.43. The Hall–Kier alpha value is -3.44. The molecule has 34 heavy (non-hydrogen) atoms. The van der Waals surface area contributed by atoms with Gasteiger partial charge in [-0.3, -0.25) is 15.0 Å². The standard InChI is InChI=1S/C23H27N5O5S/c1-23(16-9-5-4-6-10-16)21(30)28(22(31)24-23)25-20(29)18-15-17(34(32,33)26(2)3)11-12-19(18)27-13-7-8-14-27/h4-6,9-12,15H,7-8,13-14H2,1-3H3,(H,24,31)(H,25,29)/t23-/m0/s1. The Labute approximate surface area is 198 Å². The van der Waals surface area contributed by atoms with Gasteiger partial charge in [0.15, 0.2) is 0 Å². The molecule has 0 saturated carbocycles. The third-order valence-electron chi connectivity index (χ3n) is 6.19. The van der Waals surface area contributed by atoms with Crippen molar-refractivity contribution in [1.82, 2.24) is 20.1 Å². The number of carbonyl (C=O) groups excluding carboxylic acids is 3.